The zero-order valence-corrected chi connectivity index (χ0v) is 17.8. The molecule has 1 N–H and O–H groups in total. The maximum absolute atomic E-state index is 12.7. The SMILES string of the molecule is O=C(OCc1ccccc1)N1CCC[C@H]1c1nc2ccc(-c3ccc([N+](=O)[O-])cc3)cc2[nH]1. The molecular formula is C25H22N4O4. The van der Waals surface area contributed by atoms with Crippen molar-refractivity contribution in [3.8, 4) is 11.1 Å². The first-order valence-corrected chi connectivity index (χ1v) is 10.8. The Morgan fingerprint density at radius 2 is 1.85 bits per heavy atom. The number of imidazole rings is 1. The molecule has 2 heterocycles. The number of nitro groups is 1. The number of amides is 1. The van der Waals surface area contributed by atoms with Crippen LogP contribution in [0.4, 0.5) is 10.5 Å². The summed E-state index contributed by atoms with van der Waals surface area (Å²) >= 11 is 0. The van der Waals surface area contributed by atoms with Crippen LogP contribution in [0.1, 0.15) is 30.3 Å². The van der Waals surface area contributed by atoms with Gasteiger partial charge in [-0.25, -0.2) is 9.78 Å². The molecule has 0 radical (unpaired) electrons. The van der Waals surface area contributed by atoms with E-state index >= 15 is 0 Å². The summed E-state index contributed by atoms with van der Waals surface area (Å²) in [5, 5.41) is 10.9. The fourth-order valence-corrected chi connectivity index (χ4v) is 4.21. The first-order valence-electron chi connectivity index (χ1n) is 10.8. The second-order valence-electron chi connectivity index (χ2n) is 8.05. The second kappa shape index (κ2) is 8.74. The molecule has 166 valence electrons. The van der Waals surface area contributed by atoms with Gasteiger partial charge in [0.1, 0.15) is 12.4 Å². The van der Waals surface area contributed by atoms with Gasteiger partial charge in [0.15, 0.2) is 0 Å². The molecule has 0 bridgehead atoms. The summed E-state index contributed by atoms with van der Waals surface area (Å²) in [6.45, 7) is 0.866. The smallest absolute Gasteiger partial charge is 0.410 e. The average molecular weight is 442 g/mol. The van der Waals surface area contributed by atoms with Gasteiger partial charge >= 0.3 is 6.09 Å². The van der Waals surface area contributed by atoms with Crippen molar-refractivity contribution in [2.75, 3.05) is 6.54 Å². The maximum Gasteiger partial charge on any atom is 0.410 e. The number of benzene rings is 3. The van der Waals surface area contributed by atoms with Crippen LogP contribution in [0, 0.1) is 10.1 Å². The lowest BCUT2D eigenvalue weighted by atomic mass is 10.0. The molecule has 0 aliphatic carbocycles. The van der Waals surface area contributed by atoms with Gasteiger partial charge in [0.2, 0.25) is 0 Å². The van der Waals surface area contributed by atoms with Crippen molar-refractivity contribution in [3.05, 3.63) is 94.3 Å². The highest BCUT2D eigenvalue weighted by atomic mass is 16.6. The number of non-ortho nitro benzene ring substituents is 1. The van der Waals surface area contributed by atoms with Crippen LogP contribution in [-0.2, 0) is 11.3 Å². The Hall–Kier alpha value is -4.20. The molecular weight excluding hydrogens is 420 g/mol. The van der Waals surface area contributed by atoms with Crippen molar-refractivity contribution in [1.29, 1.82) is 0 Å². The number of hydrogen-bond donors (Lipinski definition) is 1. The standard InChI is InChI=1S/C25H22N4O4/c30-25(33-16-17-5-2-1-3-6-17)28-14-4-7-23(28)24-26-21-13-10-19(15-22(21)27-24)18-8-11-20(12-9-18)29(31)32/h1-3,5-6,8-13,15,23H,4,7,14,16H2,(H,26,27)/t23-/m0/s1. The summed E-state index contributed by atoms with van der Waals surface area (Å²) in [5.41, 5.74) is 4.47. The molecule has 1 aliphatic rings. The molecule has 1 saturated heterocycles. The Kier molecular flexibility index (Phi) is 5.48. The fourth-order valence-electron chi connectivity index (χ4n) is 4.21. The summed E-state index contributed by atoms with van der Waals surface area (Å²) in [6.07, 6.45) is 1.36. The number of H-pyrrole nitrogens is 1. The normalized spacial score (nSPS) is 15.6. The molecule has 5 rings (SSSR count). The Morgan fingerprint density at radius 1 is 1.09 bits per heavy atom. The van der Waals surface area contributed by atoms with E-state index in [1.165, 1.54) is 12.1 Å². The van der Waals surface area contributed by atoms with Crippen molar-refractivity contribution < 1.29 is 14.5 Å². The Morgan fingerprint density at radius 3 is 2.61 bits per heavy atom. The summed E-state index contributed by atoms with van der Waals surface area (Å²) in [5.74, 6) is 0.736. The third kappa shape index (κ3) is 4.27. The Labute approximate surface area is 190 Å². The number of nitrogens with zero attached hydrogens (tertiary/aromatic N) is 3. The van der Waals surface area contributed by atoms with Crippen molar-refractivity contribution in [2.45, 2.75) is 25.5 Å². The van der Waals surface area contributed by atoms with Crippen LogP contribution < -0.4 is 0 Å². The zero-order chi connectivity index (χ0) is 22.8. The third-order valence-electron chi connectivity index (χ3n) is 5.92. The van der Waals surface area contributed by atoms with Crippen molar-refractivity contribution in [3.63, 3.8) is 0 Å². The minimum atomic E-state index is -0.410. The van der Waals surface area contributed by atoms with Gasteiger partial charge in [0, 0.05) is 18.7 Å². The molecule has 0 unspecified atom stereocenters. The highest BCUT2D eigenvalue weighted by Crippen LogP contribution is 2.33. The number of rotatable bonds is 5. The lowest BCUT2D eigenvalue weighted by Crippen LogP contribution is -2.31. The Balaban J connectivity index is 1.34. The van der Waals surface area contributed by atoms with Crippen molar-refractivity contribution >= 4 is 22.8 Å². The molecule has 1 aromatic heterocycles. The number of carbonyl (C=O) groups excluding carboxylic acids is 1. The van der Waals surface area contributed by atoms with E-state index in [0.717, 1.165) is 46.4 Å². The largest absolute Gasteiger partial charge is 0.445 e. The summed E-state index contributed by atoms with van der Waals surface area (Å²) in [7, 11) is 0. The summed E-state index contributed by atoms with van der Waals surface area (Å²) < 4.78 is 5.54. The van der Waals surface area contributed by atoms with Crippen LogP contribution >= 0.6 is 0 Å². The predicted molar refractivity (Wildman–Crippen MR) is 123 cm³/mol. The average Bonchev–Trinajstić information content (AvgIpc) is 3.50. The first-order chi connectivity index (χ1) is 16.1. The van der Waals surface area contributed by atoms with Crippen LogP contribution in [0.3, 0.4) is 0 Å². The van der Waals surface area contributed by atoms with Crippen LogP contribution in [0.5, 0.6) is 0 Å². The van der Waals surface area contributed by atoms with Crippen LogP contribution in [0.2, 0.25) is 0 Å². The van der Waals surface area contributed by atoms with E-state index < -0.39 is 4.92 Å². The molecule has 1 fully saturated rings. The van der Waals surface area contributed by atoms with E-state index in [2.05, 4.69) is 4.98 Å². The topological polar surface area (TPSA) is 101 Å². The fraction of sp³-hybridized carbons (Fsp3) is 0.200. The number of carbonyl (C=O) groups is 1. The monoisotopic (exact) mass is 442 g/mol. The number of hydrogen-bond acceptors (Lipinski definition) is 5. The minimum Gasteiger partial charge on any atom is -0.445 e. The molecule has 1 amide bonds. The van der Waals surface area contributed by atoms with E-state index in [1.807, 2.05) is 48.5 Å². The van der Waals surface area contributed by atoms with Gasteiger partial charge in [-0.15, -0.1) is 0 Å². The van der Waals surface area contributed by atoms with Crippen LogP contribution in [0.15, 0.2) is 72.8 Å². The molecule has 8 heteroatoms. The third-order valence-corrected chi connectivity index (χ3v) is 5.92. The molecule has 33 heavy (non-hydrogen) atoms. The minimum absolute atomic E-state index is 0.0594. The second-order valence-corrected chi connectivity index (χ2v) is 8.05. The number of nitro benzene ring substituents is 1. The van der Waals surface area contributed by atoms with Crippen LogP contribution in [0.25, 0.3) is 22.2 Å². The van der Waals surface area contributed by atoms with E-state index in [-0.39, 0.29) is 24.4 Å². The number of aromatic amines is 1. The molecule has 3 aromatic carbocycles. The van der Waals surface area contributed by atoms with E-state index in [9.17, 15) is 14.9 Å². The molecule has 8 nitrogen and oxygen atoms in total. The number of aromatic nitrogens is 2. The van der Waals surface area contributed by atoms with E-state index in [0.29, 0.717) is 6.54 Å². The van der Waals surface area contributed by atoms with Gasteiger partial charge in [-0.3, -0.25) is 15.0 Å². The van der Waals surface area contributed by atoms with Crippen LogP contribution in [-0.4, -0.2) is 32.4 Å². The molecule has 1 atom stereocenters. The van der Waals surface area contributed by atoms with Crippen molar-refractivity contribution in [1.82, 2.24) is 14.9 Å². The van der Waals surface area contributed by atoms with Gasteiger partial charge in [0.05, 0.1) is 22.0 Å². The summed E-state index contributed by atoms with van der Waals surface area (Å²) in [6, 6.07) is 21.7. The van der Waals surface area contributed by atoms with Gasteiger partial charge in [0.25, 0.3) is 5.69 Å². The number of nitrogens with one attached hydrogen (secondary N) is 1. The van der Waals surface area contributed by atoms with Gasteiger partial charge in [-0.1, -0.05) is 36.4 Å². The lowest BCUT2D eigenvalue weighted by molar-refractivity contribution is -0.384. The molecule has 1 aliphatic heterocycles. The lowest BCUT2D eigenvalue weighted by Gasteiger charge is -2.22. The number of ether oxygens (including phenoxy) is 1. The highest BCUT2D eigenvalue weighted by molar-refractivity contribution is 5.82. The highest BCUT2D eigenvalue weighted by Gasteiger charge is 2.33. The molecule has 4 aromatic rings. The maximum atomic E-state index is 12.7. The quantitative estimate of drug-likeness (QED) is 0.320. The predicted octanol–water partition coefficient (Wildman–Crippen LogP) is 5.61. The van der Waals surface area contributed by atoms with Gasteiger partial charge in [-0.05, 0) is 53.8 Å². The first kappa shape index (κ1) is 20.7. The van der Waals surface area contributed by atoms with Gasteiger partial charge < -0.3 is 9.72 Å². The van der Waals surface area contributed by atoms with E-state index in [1.54, 1.807) is 17.0 Å². The molecule has 0 saturated carbocycles. The molecule has 0 spiro atoms. The summed E-state index contributed by atoms with van der Waals surface area (Å²) in [4.78, 5) is 33.1. The van der Waals surface area contributed by atoms with Gasteiger partial charge in [-0.2, -0.15) is 0 Å². The van der Waals surface area contributed by atoms with Crippen molar-refractivity contribution in [2.24, 2.45) is 0 Å². The Bertz CT molecular complexity index is 1300. The number of likely N-dealkylation sites (tertiary alicyclic amines) is 1. The van der Waals surface area contributed by atoms with E-state index in [4.69, 9.17) is 9.72 Å². The number of fused-ring (bicyclic) bond motifs is 1. The zero-order valence-electron chi connectivity index (χ0n) is 17.8.